The van der Waals surface area contributed by atoms with Crippen LogP contribution in [-0.2, 0) is 5.54 Å². The Labute approximate surface area is 124 Å². The minimum Gasteiger partial charge on any atom is -0.364 e. The second-order valence-corrected chi connectivity index (χ2v) is 5.68. The lowest BCUT2D eigenvalue weighted by atomic mass is 9.73. The molecule has 0 heterocycles. The third-order valence-corrected chi connectivity index (χ3v) is 4.28. The van der Waals surface area contributed by atoms with Gasteiger partial charge in [-0.2, -0.15) is 5.26 Å². The van der Waals surface area contributed by atoms with E-state index in [0.717, 1.165) is 18.4 Å². The van der Waals surface area contributed by atoms with E-state index < -0.39 is 5.54 Å². The summed E-state index contributed by atoms with van der Waals surface area (Å²) in [5.74, 6) is 0.141. The van der Waals surface area contributed by atoms with Gasteiger partial charge in [0.25, 0.3) is 0 Å². The summed E-state index contributed by atoms with van der Waals surface area (Å²) < 4.78 is 13.4. The fourth-order valence-electron chi connectivity index (χ4n) is 3.13. The molecule has 0 spiro atoms. The molecule has 0 saturated carbocycles. The number of hydrogen-bond donors (Lipinski definition) is 1. The van der Waals surface area contributed by atoms with Gasteiger partial charge in [-0.1, -0.05) is 37.3 Å². The molecule has 0 fully saturated rings. The third-order valence-electron chi connectivity index (χ3n) is 4.28. The molecule has 3 heteroatoms. The second kappa shape index (κ2) is 5.21. The van der Waals surface area contributed by atoms with Crippen molar-refractivity contribution in [2.45, 2.75) is 31.2 Å². The number of nitrogens with zero attached hydrogens (tertiary/aromatic N) is 1. The predicted octanol–water partition coefficient (Wildman–Crippen LogP) is 4.55. The summed E-state index contributed by atoms with van der Waals surface area (Å²) in [5, 5.41) is 13.1. The van der Waals surface area contributed by atoms with Gasteiger partial charge in [-0.25, -0.2) is 4.39 Å². The van der Waals surface area contributed by atoms with E-state index in [1.54, 1.807) is 12.1 Å². The van der Waals surface area contributed by atoms with Gasteiger partial charge in [-0.3, -0.25) is 0 Å². The molecule has 0 aliphatic heterocycles. The van der Waals surface area contributed by atoms with Crippen LogP contribution in [0.4, 0.5) is 10.1 Å². The lowest BCUT2D eigenvalue weighted by molar-refractivity contribution is 0.462. The van der Waals surface area contributed by atoms with Gasteiger partial charge in [0.2, 0.25) is 0 Å². The maximum absolute atomic E-state index is 13.4. The first-order valence-corrected chi connectivity index (χ1v) is 7.19. The number of benzene rings is 2. The van der Waals surface area contributed by atoms with E-state index in [1.807, 2.05) is 18.2 Å². The monoisotopic (exact) mass is 280 g/mol. The lowest BCUT2D eigenvalue weighted by Crippen LogP contribution is -2.38. The van der Waals surface area contributed by atoms with Crippen LogP contribution >= 0.6 is 0 Å². The fraction of sp³-hybridized carbons (Fsp3) is 0.278. The summed E-state index contributed by atoms with van der Waals surface area (Å²) in [6.45, 7) is 2.18. The average molecular weight is 280 g/mol. The molecular formula is C18H17FN2. The van der Waals surface area contributed by atoms with Crippen molar-refractivity contribution in [1.29, 1.82) is 5.26 Å². The summed E-state index contributed by atoms with van der Waals surface area (Å²) in [5.41, 5.74) is 2.07. The molecule has 1 aliphatic rings. The molecule has 2 aromatic rings. The van der Waals surface area contributed by atoms with Crippen molar-refractivity contribution in [2.75, 3.05) is 5.32 Å². The Hall–Kier alpha value is -2.34. The van der Waals surface area contributed by atoms with E-state index in [4.69, 9.17) is 0 Å². The fourth-order valence-corrected chi connectivity index (χ4v) is 3.13. The molecule has 1 aliphatic carbocycles. The molecule has 2 aromatic carbocycles. The minimum atomic E-state index is -0.781. The first-order valence-electron chi connectivity index (χ1n) is 7.19. The number of fused-ring (bicyclic) bond motifs is 1. The maximum atomic E-state index is 13.4. The Morgan fingerprint density at radius 3 is 2.81 bits per heavy atom. The van der Waals surface area contributed by atoms with Gasteiger partial charge >= 0.3 is 0 Å². The number of rotatable bonds is 2. The molecule has 2 atom stereocenters. The molecule has 3 rings (SSSR count). The van der Waals surface area contributed by atoms with Crippen LogP contribution in [0.5, 0.6) is 0 Å². The van der Waals surface area contributed by atoms with Crippen molar-refractivity contribution in [1.82, 2.24) is 0 Å². The number of halogens is 1. The third kappa shape index (κ3) is 2.38. The normalized spacial score (nSPS) is 24.0. The summed E-state index contributed by atoms with van der Waals surface area (Å²) in [4.78, 5) is 0. The van der Waals surface area contributed by atoms with Crippen molar-refractivity contribution in [3.8, 4) is 6.07 Å². The van der Waals surface area contributed by atoms with E-state index >= 15 is 0 Å². The molecule has 1 N–H and O–H groups in total. The number of hydrogen-bond acceptors (Lipinski definition) is 2. The first kappa shape index (κ1) is 13.6. The highest BCUT2D eigenvalue weighted by molar-refractivity contribution is 5.54. The highest BCUT2D eigenvalue weighted by Gasteiger charge is 2.38. The van der Waals surface area contributed by atoms with E-state index in [2.05, 4.69) is 24.4 Å². The topological polar surface area (TPSA) is 35.8 Å². The van der Waals surface area contributed by atoms with Gasteiger partial charge in [0, 0.05) is 5.69 Å². The number of anilines is 1. The molecule has 0 amide bonds. The molecule has 2 nitrogen and oxygen atoms in total. The quantitative estimate of drug-likeness (QED) is 0.875. The SMILES string of the molecule is CC1CCC(C#N)(Nc2cccc(F)c2)c2ccccc21. The molecule has 106 valence electrons. The summed E-state index contributed by atoms with van der Waals surface area (Å²) >= 11 is 0. The lowest BCUT2D eigenvalue weighted by Gasteiger charge is -2.37. The van der Waals surface area contributed by atoms with Crippen LogP contribution in [0.2, 0.25) is 0 Å². The van der Waals surface area contributed by atoms with Crippen LogP contribution in [0.15, 0.2) is 48.5 Å². The van der Waals surface area contributed by atoms with Gasteiger partial charge in [-0.15, -0.1) is 0 Å². The molecule has 2 unspecified atom stereocenters. The highest BCUT2D eigenvalue weighted by atomic mass is 19.1. The van der Waals surface area contributed by atoms with E-state index in [9.17, 15) is 9.65 Å². The van der Waals surface area contributed by atoms with Crippen molar-refractivity contribution in [2.24, 2.45) is 0 Å². The number of nitrogens with one attached hydrogen (secondary N) is 1. The Morgan fingerprint density at radius 1 is 1.24 bits per heavy atom. The van der Waals surface area contributed by atoms with Crippen molar-refractivity contribution in [3.63, 3.8) is 0 Å². The zero-order chi connectivity index (χ0) is 14.9. The standard InChI is InChI=1S/C18H17FN2/c1-13-9-10-18(12-20,17-8-3-2-7-16(13)17)21-15-6-4-5-14(19)11-15/h2-8,11,13,21H,9-10H2,1H3. The number of nitriles is 1. The predicted molar refractivity (Wildman–Crippen MR) is 81.4 cm³/mol. The smallest absolute Gasteiger partial charge is 0.151 e. The first-order chi connectivity index (χ1) is 10.1. The van der Waals surface area contributed by atoms with Gasteiger partial charge in [0.15, 0.2) is 5.54 Å². The maximum Gasteiger partial charge on any atom is 0.151 e. The van der Waals surface area contributed by atoms with Gasteiger partial charge in [0.05, 0.1) is 6.07 Å². The summed E-state index contributed by atoms with van der Waals surface area (Å²) in [6.07, 6.45) is 1.66. The van der Waals surface area contributed by atoms with Gasteiger partial charge < -0.3 is 5.32 Å². The van der Waals surface area contributed by atoms with E-state index in [-0.39, 0.29) is 5.82 Å². The Kier molecular flexibility index (Phi) is 3.39. The molecule has 0 aromatic heterocycles. The van der Waals surface area contributed by atoms with Gasteiger partial charge in [-0.05, 0) is 48.1 Å². The van der Waals surface area contributed by atoms with Crippen molar-refractivity contribution < 1.29 is 4.39 Å². The van der Waals surface area contributed by atoms with Crippen molar-refractivity contribution >= 4 is 5.69 Å². The molecule has 0 bridgehead atoms. The van der Waals surface area contributed by atoms with Crippen LogP contribution in [0.1, 0.15) is 36.8 Å². The van der Waals surface area contributed by atoms with Crippen LogP contribution in [0.25, 0.3) is 0 Å². The van der Waals surface area contributed by atoms with Crippen LogP contribution in [0, 0.1) is 17.1 Å². The zero-order valence-corrected chi connectivity index (χ0v) is 11.9. The Balaban J connectivity index is 2.06. The molecular weight excluding hydrogens is 263 g/mol. The average Bonchev–Trinajstić information content (AvgIpc) is 2.51. The highest BCUT2D eigenvalue weighted by Crippen LogP contribution is 2.42. The molecule has 0 radical (unpaired) electrons. The van der Waals surface area contributed by atoms with E-state index in [1.165, 1.54) is 17.7 Å². The largest absolute Gasteiger partial charge is 0.364 e. The Morgan fingerprint density at radius 2 is 2.05 bits per heavy atom. The van der Waals surface area contributed by atoms with Crippen molar-refractivity contribution in [3.05, 3.63) is 65.5 Å². The molecule has 21 heavy (non-hydrogen) atoms. The van der Waals surface area contributed by atoms with E-state index in [0.29, 0.717) is 11.6 Å². The summed E-state index contributed by atoms with van der Waals surface area (Å²) in [7, 11) is 0. The van der Waals surface area contributed by atoms with Gasteiger partial charge in [0.1, 0.15) is 5.82 Å². The molecule has 0 saturated heterocycles. The minimum absolute atomic E-state index is 0.300. The van der Waals surface area contributed by atoms with Crippen LogP contribution < -0.4 is 5.32 Å². The Bertz CT molecular complexity index is 704. The van der Waals surface area contributed by atoms with Crippen LogP contribution in [0.3, 0.4) is 0 Å². The van der Waals surface area contributed by atoms with Crippen LogP contribution in [-0.4, -0.2) is 0 Å². The summed E-state index contributed by atoms with van der Waals surface area (Å²) in [6, 6.07) is 16.8. The zero-order valence-electron chi connectivity index (χ0n) is 11.9. The second-order valence-electron chi connectivity index (χ2n) is 5.68.